The first-order valence-corrected chi connectivity index (χ1v) is 7.23. The highest BCUT2D eigenvalue weighted by molar-refractivity contribution is 7.57. The van der Waals surface area contributed by atoms with Gasteiger partial charge in [0.15, 0.2) is 0 Å². The number of fused-ring (bicyclic) bond motifs is 1. The van der Waals surface area contributed by atoms with Crippen LogP contribution in [0.2, 0.25) is 0 Å². The van der Waals surface area contributed by atoms with Crippen molar-refractivity contribution in [2.45, 2.75) is 5.16 Å². The summed E-state index contributed by atoms with van der Waals surface area (Å²) in [6.45, 7) is 0. The van der Waals surface area contributed by atoms with Gasteiger partial charge in [0.1, 0.15) is 0 Å². The van der Waals surface area contributed by atoms with Crippen molar-refractivity contribution in [3.05, 3.63) is 29.8 Å². The molecule has 8 heteroatoms. The average Bonchev–Trinajstić information content (AvgIpc) is 2.78. The van der Waals surface area contributed by atoms with Gasteiger partial charge in [-0.05, 0) is 6.07 Å². The fourth-order valence-corrected chi connectivity index (χ4v) is 4.13. The van der Waals surface area contributed by atoms with Gasteiger partial charge >= 0.3 is 13.6 Å². The fraction of sp³-hybridized carbons (Fsp3) is 0.333. The van der Waals surface area contributed by atoms with Crippen molar-refractivity contribution in [2.24, 2.45) is 0 Å². The highest BCUT2D eigenvalue weighted by atomic mass is 31.2. The number of hydrogen-bond donors (Lipinski definition) is 1. The number of ether oxygens (including phenoxy) is 1. The Morgan fingerprint density at radius 3 is 2.35 bits per heavy atom. The van der Waals surface area contributed by atoms with E-state index in [0.717, 1.165) is 21.3 Å². The van der Waals surface area contributed by atoms with Crippen LogP contribution >= 0.6 is 7.60 Å². The molecule has 1 aliphatic rings. The molecule has 20 heavy (non-hydrogen) atoms. The van der Waals surface area contributed by atoms with Gasteiger partial charge in [0.05, 0.1) is 7.11 Å². The summed E-state index contributed by atoms with van der Waals surface area (Å²) in [4.78, 5) is 24.6. The van der Waals surface area contributed by atoms with Gasteiger partial charge in [-0.1, -0.05) is 18.2 Å². The number of carbonyl (C=O) groups excluding carboxylic acids is 2. The van der Waals surface area contributed by atoms with Crippen molar-refractivity contribution in [1.29, 1.82) is 0 Å². The Kier molecular flexibility index (Phi) is 3.69. The van der Waals surface area contributed by atoms with E-state index in [1.165, 1.54) is 6.07 Å². The van der Waals surface area contributed by atoms with Crippen molar-refractivity contribution < 1.29 is 27.9 Å². The van der Waals surface area contributed by atoms with E-state index in [9.17, 15) is 14.2 Å². The number of benzene rings is 1. The van der Waals surface area contributed by atoms with Crippen LogP contribution in [0.15, 0.2) is 24.3 Å². The molecule has 0 unspecified atom stereocenters. The van der Waals surface area contributed by atoms with E-state index in [0.29, 0.717) is 5.69 Å². The van der Waals surface area contributed by atoms with Crippen LogP contribution in [0, 0.1) is 0 Å². The molecule has 1 N–H and O–H groups in total. The number of hydrogen-bond acceptors (Lipinski definition) is 6. The zero-order valence-corrected chi connectivity index (χ0v) is 12.1. The number of rotatable bonds is 4. The van der Waals surface area contributed by atoms with Gasteiger partial charge in [0, 0.05) is 25.5 Å². The largest absolute Gasteiger partial charge is 0.467 e. The molecule has 1 heterocycles. The number of esters is 1. The molecule has 0 bridgehead atoms. The van der Waals surface area contributed by atoms with Crippen molar-refractivity contribution in [3.63, 3.8) is 0 Å². The van der Waals surface area contributed by atoms with Gasteiger partial charge in [0.25, 0.3) is 11.1 Å². The van der Waals surface area contributed by atoms with Gasteiger partial charge < -0.3 is 19.1 Å². The second kappa shape index (κ2) is 5.01. The third kappa shape index (κ3) is 1.64. The van der Waals surface area contributed by atoms with Gasteiger partial charge in [-0.3, -0.25) is 9.36 Å². The minimum absolute atomic E-state index is 0.212. The molecule has 0 saturated carbocycles. The van der Waals surface area contributed by atoms with Crippen molar-refractivity contribution in [1.82, 2.24) is 0 Å². The SMILES string of the molecule is COC(=O)[C@]1(P(=O)(OC)OC)C(=O)Nc2ccccc21. The maximum atomic E-state index is 12.8. The number of amides is 1. The summed E-state index contributed by atoms with van der Waals surface area (Å²) in [7, 11) is -0.774. The van der Waals surface area contributed by atoms with E-state index in [1.54, 1.807) is 18.2 Å². The zero-order chi connectivity index (χ0) is 15.0. The molecule has 1 amide bonds. The smallest absolute Gasteiger partial charge is 0.361 e. The molecule has 2 rings (SSSR count). The Morgan fingerprint density at radius 1 is 1.20 bits per heavy atom. The van der Waals surface area contributed by atoms with Crippen LogP contribution in [-0.2, 0) is 33.1 Å². The molecule has 108 valence electrons. The first-order valence-electron chi connectivity index (χ1n) is 5.69. The predicted octanol–water partition coefficient (Wildman–Crippen LogP) is 1.49. The van der Waals surface area contributed by atoms with E-state index in [2.05, 4.69) is 10.1 Å². The summed E-state index contributed by atoms with van der Waals surface area (Å²) in [6, 6.07) is 6.39. The maximum Gasteiger partial charge on any atom is 0.361 e. The minimum Gasteiger partial charge on any atom is -0.467 e. The summed E-state index contributed by atoms with van der Waals surface area (Å²) in [5.41, 5.74) is 0.584. The Morgan fingerprint density at radius 2 is 1.80 bits per heavy atom. The van der Waals surface area contributed by atoms with Gasteiger partial charge in [-0.25, -0.2) is 4.79 Å². The second-order valence-corrected chi connectivity index (χ2v) is 6.46. The lowest BCUT2D eigenvalue weighted by Gasteiger charge is -2.29. The van der Waals surface area contributed by atoms with Crippen LogP contribution in [0.25, 0.3) is 0 Å². The van der Waals surface area contributed by atoms with E-state index < -0.39 is 24.6 Å². The molecule has 0 aliphatic carbocycles. The van der Waals surface area contributed by atoms with Gasteiger partial charge in [-0.2, -0.15) is 0 Å². The molecular formula is C12H14NO6P. The molecule has 0 aromatic heterocycles. The van der Waals surface area contributed by atoms with Gasteiger partial charge in [-0.15, -0.1) is 0 Å². The quantitative estimate of drug-likeness (QED) is 0.514. The Balaban J connectivity index is 2.82. The number of carbonyl (C=O) groups is 2. The standard InChI is InChI=1S/C12H14NO6P/c1-17-11(15)12(20(16,18-2)19-3)8-6-4-5-7-9(8)13-10(12)14/h4-7H,1-3H3,(H,13,14)/t12-/m1/s1. The third-order valence-electron chi connectivity index (χ3n) is 3.27. The molecule has 1 aromatic rings. The van der Waals surface area contributed by atoms with Crippen molar-refractivity contribution in [2.75, 3.05) is 26.6 Å². The lowest BCUT2D eigenvalue weighted by Crippen LogP contribution is -2.43. The number of para-hydroxylation sites is 1. The monoisotopic (exact) mass is 299 g/mol. The minimum atomic E-state index is -4.11. The van der Waals surface area contributed by atoms with Crippen LogP contribution in [0.5, 0.6) is 0 Å². The number of nitrogens with one attached hydrogen (secondary N) is 1. The summed E-state index contributed by atoms with van der Waals surface area (Å²) < 4.78 is 27.3. The Bertz CT molecular complexity index is 598. The van der Waals surface area contributed by atoms with E-state index in [4.69, 9.17) is 9.05 Å². The molecule has 7 nitrogen and oxygen atoms in total. The van der Waals surface area contributed by atoms with Crippen LogP contribution in [-0.4, -0.2) is 33.2 Å². The van der Waals surface area contributed by atoms with E-state index >= 15 is 0 Å². The number of anilines is 1. The average molecular weight is 299 g/mol. The highest BCUT2D eigenvalue weighted by Crippen LogP contribution is 2.67. The third-order valence-corrected chi connectivity index (χ3v) is 5.68. The van der Waals surface area contributed by atoms with Crippen molar-refractivity contribution in [3.8, 4) is 0 Å². The summed E-state index contributed by atoms with van der Waals surface area (Å²) in [6.07, 6.45) is 0. The van der Waals surface area contributed by atoms with Gasteiger partial charge in [0.2, 0.25) is 0 Å². The number of methoxy groups -OCH3 is 1. The molecule has 0 spiro atoms. The van der Waals surface area contributed by atoms with E-state index in [1.807, 2.05) is 0 Å². The van der Waals surface area contributed by atoms with Crippen molar-refractivity contribution >= 4 is 25.2 Å². The molecule has 0 radical (unpaired) electrons. The molecule has 1 aromatic carbocycles. The maximum absolute atomic E-state index is 12.8. The first-order chi connectivity index (χ1) is 9.47. The fourth-order valence-electron chi connectivity index (χ4n) is 2.33. The molecule has 1 aliphatic heterocycles. The lowest BCUT2D eigenvalue weighted by atomic mass is 10.00. The van der Waals surface area contributed by atoms with Crippen LogP contribution < -0.4 is 5.32 Å². The van der Waals surface area contributed by atoms with Crippen LogP contribution in [0.3, 0.4) is 0 Å². The normalized spacial score (nSPS) is 21.2. The Hall–Kier alpha value is -1.69. The van der Waals surface area contributed by atoms with Crippen LogP contribution in [0.4, 0.5) is 5.69 Å². The zero-order valence-electron chi connectivity index (χ0n) is 11.2. The predicted molar refractivity (Wildman–Crippen MR) is 70.4 cm³/mol. The summed E-state index contributed by atoms with van der Waals surface area (Å²) in [5.74, 6) is -1.79. The topological polar surface area (TPSA) is 90.9 Å². The summed E-state index contributed by atoms with van der Waals surface area (Å²) in [5, 5.41) is 0.355. The molecule has 0 saturated heterocycles. The molecular weight excluding hydrogens is 285 g/mol. The van der Waals surface area contributed by atoms with Crippen LogP contribution in [0.1, 0.15) is 5.56 Å². The second-order valence-electron chi connectivity index (χ2n) is 4.06. The summed E-state index contributed by atoms with van der Waals surface area (Å²) >= 11 is 0. The Labute approximate surface area is 115 Å². The highest BCUT2D eigenvalue weighted by Gasteiger charge is 2.68. The lowest BCUT2D eigenvalue weighted by molar-refractivity contribution is -0.147. The van der Waals surface area contributed by atoms with E-state index in [-0.39, 0.29) is 5.56 Å². The molecule has 1 atom stereocenters. The first kappa shape index (κ1) is 14.7. The molecule has 0 fully saturated rings.